The molecule has 1 aromatic carbocycles. The Bertz CT molecular complexity index is 712. The third-order valence-corrected chi connectivity index (χ3v) is 2.68. The van der Waals surface area contributed by atoms with E-state index in [1.807, 2.05) is 18.2 Å². The molecule has 18 heavy (non-hydrogen) atoms. The van der Waals surface area contributed by atoms with Gasteiger partial charge < -0.3 is 9.40 Å². The molecule has 0 saturated carbocycles. The molecule has 2 heterocycles. The van der Waals surface area contributed by atoms with Crippen molar-refractivity contribution in [2.24, 2.45) is 0 Å². The number of amides is 1. The first-order chi connectivity index (χ1) is 8.74. The average molecular weight is 241 g/mol. The van der Waals surface area contributed by atoms with Crippen molar-refractivity contribution in [2.45, 2.75) is 6.92 Å². The highest BCUT2D eigenvalue weighted by Gasteiger charge is 2.12. The summed E-state index contributed by atoms with van der Waals surface area (Å²) in [5.74, 6) is -0.234. The second-order valence-electron chi connectivity index (χ2n) is 3.99. The Morgan fingerprint density at radius 3 is 3.06 bits per heavy atom. The molecule has 0 aliphatic rings. The topological polar surface area (TPSA) is 70.9 Å². The number of carbonyl (C=O) groups is 1. The number of benzene rings is 1. The minimum Gasteiger partial charge on any atom is -0.432 e. The molecule has 90 valence electrons. The largest absolute Gasteiger partial charge is 0.432 e. The third kappa shape index (κ3) is 1.75. The summed E-state index contributed by atoms with van der Waals surface area (Å²) >= 11 is 0. The van der Waals surface area contributed by atoms with Crippen molar-refractivity contribution < 1.29 is 9.21 Å². The Morgan fingerprint density at radius 2 is 2.28 bits per heavy atom. The van der Waals surface area contributed by atoms with E-state index in [9.17, 15) is 4.79 Å². The van der Waals surface area contributed by atoms with E-state index in [0.717, 1.165) is 16.6 Å². The molecule has 5 nitrogen and oxygen atoms in total. The van der Waals surface area contributed by atoms with Gasteiger partial charge in [-0.2, -0.15) is 4.98 Å². The summed E-state index contributed by atoms with van der Waals surface area (Å²) in [6, 6.07) is 7.59. The fraction of sp³-hybridized carbons (Fsp3) is 0.0769. The van der Waals surface area contributed by atoms with Crippen LogP contribution in [0.1, 0.15) is 16.1 Å². The summed E-state index contributed by atoms with van der Waals surface area (Å²) in [5.41, 5.74) is 2.24. The molecular formula is C13H11N3O2. The van der Waals surface area contributed by atoms with Gasteiger partial charge in [-0.25, -0.2) is 0 Å². The third-order valence-electron chi connectivity index (χ3n) is 2.68. The summed E-state index contributed by atoms with van der Waals surface area (Å²) in [4.78, 5) is 19.2. The Labute approximate surface area is 103 Å². The summed E-state index contributed by atoms with van der Waals surface area (Å²) in [6.07, 6.45) is 3.29. The molecule has 0 unspecified atom stereocenters. The van der Waals surface area contributed by atoms with Gasteiger partial charge in [0.2, 0.25) is 0 Å². The van der Waals surface area contributed by atoms with Crippen LogP contribution in [0.25, 0.3) is 10.9 Å². The zero-order chi connectivity index (χ0) is 12.5. The molecule has 3 rings (SSSR count). The zero-order valence-corrected chi connectivity index (χ0v) is 9.73. The minimum absolute atomic E-state index is 0.213. The molecule has 1 amide bonds. The van der Waals surface area contributed by atoms with E-state index in [-0.39, 0.29) is 11.9 Å². The molecular weight excluding hydrogens is 230 g/mol. The highest BCUT2D eigenvalue weighted by molar-refractivity contribution is 6.11. The van der Waals surface area contributed by atoms with Crippen molar-refractivity contribution in [1.29, 1.82) is 0 Å². The number of aryl methyl sites for hydroxylation is 1. The van der Waals surface area contributed by atoms with Gasteiger partial charge in [-0.05, 0) is 25.1 Å². The zero-order valence-electron chi connectivity index (χ0n) is 9.73. The summed E-state index contributed by atoms with van der Waals surface area (Å²) in [6.45, 7) is 1.80. The molecule has 2 N–H and O–H groups in total. The molecule has 0 bridgehead atoms. The van der Waals surface area contributed by atoms with Gasteiger partial charge in [0.05, 0.1) is 5.69 Å². The predicted octanol–water partition coefficient (Wildman–Crippen LogP) is 2.72. The molecule has 2 aromatic heterocycles. The van der Waals surface area contributed by atoms with Crippen molar-refractivity contribution in [1.82, 2.24) is 9.97 Å². The number of fused-ring (bicyclic) bond motifs is 1. The Balaban J connectivity index is 1.94. The van der Waals surface area contributed by atoms with E-state index in [1.165, 1.54) is 6.26 Å². The van der Waals surface area contributed by atoms with Crippen molar-refractivity contribution in [3.63, 3.8) is 0 Å². The van der Waals surface area contributed by atoms with Gasteiger partial charge in [0.25, 0.3) is 5.91 Å². The monoisotopic (exact) mass is 241 g/mol. The molecule has 0 fully saturated rings. The number of nitrogens with zero attached hydrogens (tertiary/aromatic N) is 1. The van der Waals surface area contributed by atoms with Gasteiger partial charge in [0.1, 0.15) is 6.26 Å². The number of hydrogen-bond acceptors (Lipinski definition) is 3. The fourth-order valence-corrected chi connectivity index (χ4v) is 1.86. The van der Waals surface area contributed by atoms with Crippen molar-refractivity contribution in [3.8, 4) is 0 Å². The molecule has 0 atom stereocenters. The molecule has 0 spiro atoms. The lowest BCUT2D eigenvalue weighted by atomic mass is 10.1. The first-order valence-corrected chi connectivity index (χ1v) is 5.53. The number of aromatic nitrogens is 2. The van der Waals surface area contributed by atoms with Crippen LogP contribution in [0.3, 0.4) is 0 Å². The maximum absolute atomic E-state index is 12.1. The molecule has 3 aromatic rings. The SMILES string of the molecule is Cc1coc(NC(=O)c2cccc3[nH]ccc23)n1. The second-order valence-corrected chi connectivity index (χ2v) is 3.99. The summed E-state index contributed by atoms with van der Waals surface area (Å²) < 4.78 is 5.10. The standard InChI is InChI=1S/C13H11N3O2/c1-8-7-18-13(15-8)16-12(17)10-3-2-4-11-9(10)5-6-14-11/h2-7,14H,1H3,(H,15,16,17). The minimum atomic E-state index is -0.234. The summed E-state index contributed by atoms with van der Waals surface area (Å²) in [7, 11) is 0. The first kappa shape index (κ1) is 10.6. The van der Waals surface area contributed by atoms with Crippen LogP contribution in [0.4, 0.5) is 6.01 Å². The Morgan fingerprint density at radius 1 is 1.39 bits per heavy atom. The Hall–Kier alpha value is -2.56. The fourth-order valence-electron chi connectivity index (χ4n) is 1.86. The van der Waals surface area contributed by atoms with Gasteiger partial charge in [-0.3, -0.25) is 10.1 Å². The van der Waals surface area contributed by atoms with Crippen molar-refractivity contribution in [3.05, 3.63) is 48.0 Å². The maximum Gasteiger partial charge on any atom is 0.301 e. The van der Waals surface area contributed by atoms with Crippen molar-refractivity contribution >= 4 is 22.8 Å². The number of H-pyrrole nitrogens is 1. The number of aromatic amines is 1. The van der Waals surface area contributed by atoms with E-state index in [1.54, 1.807) is 19.2 Å². The second kappa shape index (κ2) is 4.03. The van der Waals surface area contributed by atoms with Gasteiger partial charge in [0, 0.05) is 22.7 Å². The number of rotatable bonds is 2. The molecule has 0 saturated heterocycles. The average Bonchev–Trinajstić information content (AvgIpc) is 2.97. The lowest BCUT2D eigenvalue weighted by Gasteiger charge is -2.02. The molecule has 0 radical (unpaired) electrons. The van der Waals surface area contributed by atoms with Crippen LogP contribution in [0.2, 0.25) is 0 Å². The smallest absolute Gasteiger partial charge is 0.301 e. The van der Waals surface area contributed by atoms with E-state index < -0.39 is 0 Å². The predicted molar refractivity (Wildman–Crippen MR) is 67.5 cm³/mol. The van der Waals surface area contributed by atoms with Gasteiger partial charge >= 0.3 is 6.01 Å². The van der Waals surface area contributed by atoms with Crippen LogP contribution in [0.15, 0.2) is 41.1 Å². The maximum atomic E-state index is 12.1. The van der Waals surface area contributed by atoms with Gasteiger partial charge in [0.15, 0.2) is 0 Å². The van der Waals surface area contributed by atoms with E-state index in [4.69, 9.17) is 4.42 Å². The highest BCUT2D eigenvalue weighted by atomic mass is 16.4. The normalized spacial score (nSPS) is 10.7. The van der Waals surface area contributed by atoms with Gasteiger partial charge in [-0.15, -0.1) is 0 Å². The lowest BCUT2D eigenvalue weighted by Crippen LogP contribution is -2.12. The number of oxazole rings is 1. The van der Waals surface area contributed by atoms with Crippen LogP contribution in [0, 0.1) is 6.92 Å². The quantitative estimate of drug-likeness (QED) is 0.724. The van der Waals surface area contributed by atoms with Crippen LogP contribution in [-0.4, -0.2) is 15.9 Å². The number of carbonyl (C=O) groups excluding carboxylic acids is 1. The summed E-state index contributed by atoms with van der Waals surface area (Å²) in [5, 5.41) is 3.50. The van der Waals surface area contributed by atoms with Crippen molar-refractivity contribution in [2.75, 3.05) is 5.32 Å². The van der Waals surface area contributed by atoms with Crippen LogP contribution < -0.4 is 5.32 Å². The van der Waals surface area contributed by atoms with Crippen LogP contribution in [-0.2, 0) is 0 Å². The van der Waals surface area contributed by atoms with Gasteiger partial charge in [-0.1, -0.05) is 6.07 Å². The van der Waals surface area contributed by atoms with Crippen LogP contribution in [0.5, 0.6) is 0 Å². The highest BCUT2D eigenvalue weighted by Crippen LogP contribution is 2.18. The van der Waals surface area contributed by atoms with Crippen LogP contribution >= 0.6 is 0 Å². The molecule has 0 aliphatic heterocycles. The number of hydrogen-bond donors (Lipinski definition) is 2. The van der Waals surface area contributed by atoms with E-state index in [0.29, 0.717) is 5.56 Å². The number of anilines is 1. The Kier molecular flexibility index (Phi) is 2.37. The van der Waals surface area contributed by atoms with E-state index >= 15 is 0 Å². The lowest BCUT2D eigenvalue weighted by molar-refractivity contribution is 0.102. The first-order valence-electron chi connectivity index (χ1n) is 5.53. The van der Waals surface area contributed by atoms with E-state index in [2.05, 4.69) is 15.3 Å². The molecule has 5 heteroatoms. The molecule has 0 aliphatic carbocycles. The number of nitrogens with one attached hydrogen (secondary N) is 2.